The maximum absolute atomic E-state index is 13.5. The lowest BCUT2D eigenvalue weighted by molar-refractivity contribution is -0.121. The van der Waals surface area contributed by atoms with Crippen LogP contribution in [0.4, 0.5) is 4.39 Å². The van der Waals surface area contributed by atoms with E-state index in [9.17, 15) is 14.0 Å². The van der Waals surface area contributed by atoms with Crippen LogP contribution >= 0.6 is 0 Å². The molecule has 4 aromatic rings. The van der Waals surface area contributed by atoms with Gasteiger partial charge in [0.25, 0.3) is 5.91 Å². The summed E-state index contributed by atoms with van der Waals surface area (Å²) >= 11 is 0. The largest absolute Gasteiger partial charge is 0.338 e. The van der Waals surface area contributed by atoms with Gasteiger partial charge < -0.3 is 5.32 Å². The number of Topliss-reactive ketones (excluding diaryl/α,β-unsaturated/α-hetero) is 1. The number of rotatable bonds is 9. The summed E-state index contributed by atoms with van der Waals surface area (Å²) in [5, 5.41) is 4.42. The molecule has 0 heterocycles. The van der Waals surface area contributed by atoms with Crippen molar-refractivity contribution in [1.82, 2.24) is 5.32 Å². The molecule has 33 heavy (non-hydrogen) atoms. The van der Waals surface area contributed by atoms with E-state index in [1.165, 1.54) is 17.7 Å². The van der Waals surface area contributed by atoms with E-state index in [1.54, 1.807) is 24.3 Å². The number of benzene rings is 4. The molecule has 0 radical (unpaired) electrons. The average Bonchev–Trinajstić information content (AvgIpc) is 2.85. The Bertz CT molecular complexity index is 1240. The third-order valence-electron chi connectivity index (χ3n) is 5.78. The smallest absolute Gasteiger partial charge is 0.252 e. The van der Waals surface area contributed by atoms with Crippen molar-refractivity contribution >= 4 is 22.5 Å². The molecule has 4 rings (SSSR count). The van der Waals surface area contributed by atoms with Crippen LogP contribution in [0.25, 0.3) is 10.8 Å². The lowest BCUT2D eigenvalue weighted by Gasteiger charge is -2.18. The summed E-state index contributed by atoms with van der Waals surface area (Å²) in [6, 6.07) is 28.4. The van der Waals surface area contributed by atoms with Gasteiger partial charge in [0.2, 0.25) is 0 Å². The lowest BCUT2D eigenvalue weighted by Crippen LogP contribution is -2.33. The molecule has 3 nitrogen and oxygen atoms in total. The highest BCUT2D eigenvalue weighted by atomic mass is 19.1. The van der Waals surface area contributed by atoms with Crippen molar-refractivity contribution in [2.75, 3.05) is 0 Å². The minimum Gasteiger partial charge on any atom is -0.338 e. The molecule has 0 bridgehead atoms. The molecule has 1 amide bonds. The van der Waals surface area contributed by atoms with Crippen LogP contribution in [-0.4, -0.2) is 11.7 Å². The Balaban J connectivity index is 1.44. The zero-order valence-electron chi connectivity index (χ0n) is 18.3. The highest BCUT2D eigenvalue weighted by Gasteiger charge is 2.23. The normalized spacial score (nSPS) is 11.8. The van der Waals surface area contributed by atoms with Crippen molar-refractivity contribution in [2.24, 2.45) is 0 Å². The number of hydrogen-bond acceptors (Lipinski definition) is 2. The van der Waals surface area contributed by atoms with Crippen LogP contribution in [0.2, 0.25) is 0 Å². The molecule has 0 spiro atoms. The van der Waals surface area contributed by atoms with E-state index in [0.29, 0.717) is 12.0 Å². The fourth-order valence-electron chi connectivity index (χ4n) is 3.98. The molecule has 0 saturated carbocycles. The highest BCUT2D eigenvalue weighted by molar-refractivity contribution is 6.01. The molecule has 0 aliphatic carbocycles. The van der Waals surface area contributed by atoms with Crippen LogP contribution in [0.3, 0.4) is 0 Å². The lowest BCUT2D eigenvalue weighted by atomic mass is 9.97. The predicted octanol–water partition coefficient (Wildman–Crippen LogP) is 6.43. The summed E-state index contributed by atoms with van der Waals surface area (Å²) in [5.41, 5.74) is 2.46. The number of nitrogens with one attached hydrogen (secondary N) is 1. The number of carbonyl (C=O) groups excluding carboxylic acids is 2. The minimum absolute atomic E-state index is 0.00882. The summed E-state index contributed by atoms with van der Waals surface area (Å²) in [4.78, 5) is 26.1. The van der Waals surface area contributed by atoms with E-state index in [0.717, 1.165) is 35.6 Å². The van der Waals surface area contributed by atoms with Crippen molar-refractivity contribution in [2.45, 2.75) is 31.7 Å². The standard InChI is InChI=1S/C29H26FNO2/c30-26-18-17-23-19-25(16-15-24(23)20-26)29(33)31-28(22-12-5-2-6-13-22)27(32)14-8-7-11-21-9-3-1-4-10-21/h1-6,9-10,12-13,15-20,28H,7-8,11,14H2,(H,31,33)/t28-/m0/s1. The van der Waals surface area contributed by atoms with Crippen LogP contribution in [0, 0.1) is 5.82 Å². The van der Waals surface area contributed by atoms with Gasteiger partial charge in [-0.05, 0) is 65.4 Å². The number of hydrogen-bond donors (Lipinski definition) is 1. The maximum Gasteiger partial charge on any atom is 0.252 e. The van der Waals surface area contributed by atoms with Crippen LogP contribution in [-0.2, 0) is 11.2 Å². The minimum atomic E-state index is -0.709. The second-order valence-corrected chi connectivity index (χ2v) is 8.18. The molecule has 0 saturated heterocycles. The van der Waals surface area contributed by atoms with Gasteiger partial charge in [-0.15, -0.1) is 0 Å². The molecular formula is C29H26FNO2. The number of halogens is 1. The number of aryl methyl sites for hydroxylation is 1. The van der Waals surface area contributed by atoms with Crippen molar-refractivity contribution in [1.29, 1.82) is 0 Å². The van der Waals surface area contributed by atoms with Crippen LogP contribution in [0.5, 0.6) is 0 Å². The number of carbonyl (C=O) groups is 2. The number of unbranched alkanes of at least 4 members (excludes halogenated alkanes) is 1. The molecule has 0 unspecified atom stereocenters. The van der Waals surface area contributed by atoms with Gasteiger partial charge in [-0.1, -0.05) is 72.8 Å². The Morgan fingerprint density at radius 3 is 2.18 bits per heavy atom. The van der Waals surface area contributed by atoms with Crippen molar-refractivity contribution in [3.05, 3.63) is 120 Å². The van der Waals surface area contributed by atoms with Gasteiger partial charge >= 0.3 is 0 Å². The van der Waals surface area contributed by atoms with E-state index < -0.39 is 6.04 Å². The van der Waals surface area contributed by atoms with E-state index in [-0.39, 0.29) is 17.5 Å². The monoisotopic (exact) mass is 439 g/mol. The third-order valence-corrected chi connectivity index (χ3v) is 5.78. The molecule has 1 N–H and O–H groups in total. The summed E-state index contributed by atoms with van der Waals surface area (Å²) in [5.74, 6) is -0.653. The molecule has 0 aliphatic heterocycles. The predicted molar refractivity (Wildman–Crippen MR) is 130 cm³/mol. The van der Waals surface area contributed by atoms with E-state index in [2.05, 4.69) is 17.4 Å². The summed E-state index contributed by atoms with van der Waals surface area (Å²) in [6.07, 6.45) is 2.98. The quantitative estimate of drug-likeness (QED) is 0.305. The maximum atomic E-state index is 13.5. The topological polar surface area (TPSA) is 46.2 Å². The molecule has 0 aliphatic rings. The van der Waals surface area contributed by atoms with Gasteiger partial charge in [0.1, 0.15) is 11.9 Å². The molecule has 4 aromatic carbocycles. The Hall–Kier alpha value is -3.79. The van der Waals surface area contributed by atoms with Gasteiger partial charge in [-0.2, -0.15) is 0 Å². The summed E-state index contributed by atoms with van der Waals surface area (Å²) < 4.78 is 13.5. The van der Waals surface area contributed by atoms with Gasteiger partial charge in [0, 0.05) is 12.0 Å². The Morgan fingerprint density at radius 1 is 0.758 bits per heavy atom. The van der Waals surface area contributed by atoms with Crippen molar-refractivity contribution in [3.63, 3.8) is 0 Å². The Labute approximate surface area is 193 Å². The second-order valence-electron chi connectivity index (χ2n) is 8.18. The zero-order valence-corrected chi connectivity index (χ0v) is 18.3. The first-order valence-electron chi connectivity index (χ1n) is 11.2. The first-order valence-corrected chi connectivity index (χ1v) is 11.2. The molecule has 0 fully saturated rings. The molecule has 1 atom stereocenters. The van der Waals surface area contributed by atoms with Gasteiger partial charge in [0.15, 0.2) is 5.78 Å². The second kappa shape index (κ2) is 10.7. The number of ketones is 1. The molecule has 0 aromatic heterocycles. The van der Waals surface area contributed by atoms with Crippen molar-refractivity contribution in [3.8, 4) is 0 Å². The number of fused-ring (bicyclic) bond motifs is 1. The Morgan fingerprint density at radius 2 is 1.42 bits per heavy atom. The highest BCUT2D eigenvalue weighted by Crippen LogP contribution is 2.21. The molecule has 4 heteroatoms. The first kappa shape index (κ1) is 22.4. The van der Waals surface area contributed by atoms with E-state index >= 15 is 0 Å². The SMILES string of the molecule is O=C(N[C@H](C(=O)CCCCc1ccccc1)c1ccccc1)c1ccc2cc(F)ccc2c1. The van der Waals surface area contributed by atoms with E-state index in [1.807, 2.05) is 48.5 Å². The fraction of sp³-hybridized carbons (Fsp3) is 0.172. The van der Waals surface area contributed by atoms with Crippen molar-refractivity contribution < 1.29 is 14.0 Å². The van der Waals surface area contributed by atoms with Crippen LogP contribution < -0.4 is 5.32 Å². The fourth-order valence-corrected chi connectivity index (χ4v) is 3.98. The van der Waals surface area contributed by atoms with Crippen LogP contribution in [0.1, 0.15) is 46.8 Å². The third kappa shape index (κ3) is 5.92. The summed E-state index contributed by atoms with van der Waals surface area (Å²) in [6.45, 7) is 0. The van der Waals surface area contributed by atoms with Crippen LogP contribution in [0.15, 0.2) is 97.1 Å². The molecular weight excluding hydrogens is 413 g/mol. The Kier molecular flexibility index (Phi) is 7.26. The zero-order chi connectivity index (χ0) is 23.0. The van der Waals surface area contributed by atoms with Gasteiger partial charge in [-0.3, -0.25) is 9.59 Å². The van der Waals surface area contributed by atoms with Gasteiger partial charge in [-0.25, -0.2) is 4.39 Å². The first-order chi connectivity index (χ1) is 16.1. The van der Waals surface area contributed by atoms with Gasteiger partial charge in [0.05, 0.1) is 0 Å². The average molecular weight is 440 g/mol. The summed E-state index contributed by atoms with van der Waals surface area (Å²) in [7, 11) is 0. The van der Waals surface area contributed by atoms with E-state index in [4.69, 9.17) is 0 Å². The molecule has 166 valence electrons. The number of amides is 1.